The third-order valence-electron chi connectivity index (χ3n) is 5.10. The van der Waals surface area contributed by atoms with Crippen LogP contribution < -0.4 is 5.32 Å². The van der Waals surface area contributed by atoms with Gasteiger partial charge < -0.3 is 10.1 Å². The number of nitrogens with zero attached hydrogens (tertiary/aromatic N) is 1. The molecule has 0 aliphatic carbocycles. The van der Waals surface area contributed by atoms with E-state index in [1.807, 2.05) is 33.8 Å². The lowest BCUT2D eigenvalue weighted by Gasteiger charge is -2.28. The molecule has 1 amide bonds. The molecular weight excluding hydrogens is 328 g/mol. The number of hydrogen-bond donors (Lipinski definition) is 1. The summed E-state index contributed by atoms with van der Waals surface area (Å²) in [7, 11) is -3.67. The van der Waals surface area contributed by atoms with Crippen LogP contribution in [0.25, 0.3) is 0 Å². The first kappa shape index (κ1) is 17.4. The minimum atomic E-state index is -3.67. The fourth-order valence-electron chi connectivity index (χ4n) is 3.48. The maximum Gasteiger partial charge on any atom is 0.243 e. The second-order valence-corrected chi connectivity index (χ2v) is 8.73. The molecule has 1 aromatic carbocycles. The molecule has 6 nitrogen and oxygen atoms in total. The van der Waals surface area contributed by atoms with Crippen LogP contribution in [-0.4, -0.2) is 51.0 Å². The van der Waals surface area contributed by atoms with Gasteiger partial charge >= 0.3 is 0 Å². The van der Waals surface area contributed by atoms with E-state index in [1.54, 1.807) is 0 Å². The van der Waals surface area contributed by atoms with E-state index in [1.165, 1.54) is 4.31 Å². The Kier molecular flexibility index (Phi) is 4.44. The van der Waals surface area contributed by atoms with Gasteiger partial charge in [-0.2, -0.15) is 4.31 Å². The zero-order valence-corrected chi connectivity index (χ0v) is 15.4. The molecule has 2 aliphatic rings. The molecule has 2 saturated heterocycles. The highest BCUT2D eigenvalue weighted by atomic mass is 32.2. The van der Waals surface area contributed by atoms with Crippen molar-refractivity contribution in [3.8, 4) is 0 Å². The van der Waals surface area contributed by atoms with E-state index in [4.69, 9.17) is 4.74 Å². The van der Waals surface area contributed by atoms with Crippen LogP contribution in [0.5, 0.6) is 0 Å². The van der Waals surface area contributed by atoms with E-state index < -0.39 is 15.9 Å². The number of rotatable bonds is 2. The molecule has 0 saturated carbocycles. The van der Waals surface area contributed by atoms with Gasteiger partial charge in [0.1, 0.15) is 0 Å². The molecule has 7 heteroatoms. The van der Waals surface area contributed by atoms with Crippen molar-refractivity contribution in [1.29, 1.82) is 0 Å². The molecule has 2 fully saturated rings. The van der Waals surface area contributed by atoms with Gasteiger partial charge in [0.25, 0.3) is 0 Å². The number of amides is 1. The maximum atomic E-state index is 13.4. The van der Waals surface area contributed by atoms with Crippen molar-refractivity contribution < 1.29 is 17.9 Å². The van der Waals surface area contributed by atoms with Crippen LogP contribution in [0.3, 0.4) is 0 Å². The molecule has 132 valence electrons. The molecule has 0 unspecified atom stereocenters. The Hall–Kier alpha value is -1.44. The zero-order valence-electron chi connectivity index (χ0n) is 14.5. The lowest BCUT2D eigenvalue weighted by Crippen LogP contribution is -2.44. The first-order valence-corrected chi connectivity index (χ1v) is 9.61. The molecule has 1 N–H and O–H groups in total. The van der Waals surface area contributed by atoms with E-state index >= 15 is 0 Å². The SMILES string of the molecule is Cc1cc(C)c(C)c(S(=O)(=O)N2C[C@H]3COC[C@@H](C2)C(=O)N3)c1C. The summed E-state index contributed by atoms with van der Waals surface area (Å²) in [6, 6.07) is 1.71. The molecule has 3 rings (SSSR count). The monoisotopic (exact) mass is 352 g/mol. The highest BCUT2D eigenvalue weighted by molar-refractivity contribution is 7.89. The minimum absolute atomic E-state index is 0.121. The van der Waals surface area contributed by atoms with Crippen molar-refractivity contribution in [2.24, 2.45) is 5.92 Å². The summed E-state index contributed by atoms with van der Waals surface area (Å²) < 4.78 is 33.7. The summed E-state index contributed by atoms with van der Waals surface area (Å²) in [4.78, 5) is 12.5. The van der Waals surface area contributed by atoms with Crippen LogP contribution in [0.15, 0.2) is 11.0 Å². The van der Waals surface area contributed by atoms with E-state index in [9.17, 15) is 13.2 Å². The van der Waals surface area contributed by atoms with E-state index in [0.717, 1.165) is 22.3 Å². The number of carbonyl (C=O) groups is 1. The average Bonchev–Trinajstić information content (AvgIpc) is 2.74. The van der Waals surface area contributed by atoms with Crippen LogP contribution in [0.1, 0.15) is 22.3 Å². The Morgan fingerprint density at radius 1 is 1.08 bits per heavy atom. The van der Waals surface area contributed by atoms with Gasteiger partial charge in [-0.3, -0.25) is 4.79 Å². The average molecular weight is 352 g/mol. The molecule has 24 heavy (non-hydrogen) atoms. The predicted molar refractivity (Wildman–Crippen MR) is 90.4 cm³/mol. The van der Waals surface area contributed by atoms with Crippen molar-refractivity contribution in [3.63, 3.8) is 0 Å². The number of nitrogens with one attached hydrogen (secondary N) is 1. The highest BCUT2D eigenvalue weighted by Gasteiger charge is 2.39. The molecular formula is C17H24N2O4S. The first-order chi connectivity index (χ1) is 11.2. The second-order valence-electron chi connectivity index (χ2n) is 6.85. The Morgan fingerprint density at radius 2 is 1.71 bits per heavy atom. The van der Waals surface area contributed by atoms with Crippen molar-refractivity contribution in [1.82, 2.24) is 9.62 Å². The van der Waals surface area contributed by atoms with Gasteiger partial charge in [-0.25, -0.2) is 8.42 Å². The summed E-state index contributed by atoms with van der Waals surface area (Å²) >= 11 is 0. The van der Waals surface area contributed by atoms with E-state index in [2.05, 4.69) is 5.32 Å². The van der Waals surface area contributed by atoms with Gasteiger partial charge in [-0.15, -0.1) is 0 Å². The Morgan fingerprint density at radius 3 is 2.33 bits per heavy atom. The fraction of sp³-hybridized carbons (Fsp3) is 0.588. The topological polar surface area (TPSA) is 75.7 Å². The summed E-state index contributed by atoms with van der Waals surface area (Å²) in [5.74, 6) is -0.581. The van der Waals surface area contributed by atoms with Crippen LogP contribution >= 0.6 is 0 Å². The third kappa shape index (κ3) is 2.85. The van der Waals surface area contributed by atoms with Crippen molar-refractivity contribution >= 4 is 15.9 Å². The number of carbonyl (C=O) groups excluding carboxylic acids is 1. The second kappa shape index (κ2) is 6.13. The largest absolute Gasteiger partial charge is 0.378 e. The molecule has 2 bridgehead atoms. The number of benzene rings is 1. The van der Waals surface area contributed by atoms with Crippen LogP contribution in [0.2, 0.25) is 0 Å². The number of fused-ring (bicyclic) bond motifs is 3. The number of hydrogen-bond acceptors (Lipinski definition) is 4. The normalized spacial score (nSPS) is 25.2. The zero-order chi connectivity index (χ0) is 17.6. The Bertz CT molecular complexity index is 762. The molecule has 1 aromatic rings. The van der Waals surface area contributed by atoms with Crippen LogP contribution in [0.4, 0.5) is 0 Å². The molecule has 2 aliphatic heterocycles. The lowest BCUT2D eigenvalue weighted by molar-refractivity contribution is -0.125. The third-order valence-corrected chi connectivity index (χ3v) is 7.20. The van der Waals surface area contributed by atoms with Gasteiger partial charge in [0, 0.05) is 13.1 Å². The number of aryl methyl sites for hydroxylation is 2. The number of ether oxygens (including phenoxy) is 1. The molecule has 0 aromatic heterocycles. The smallest absolute Gasteiger partial charge is 0.243 e. The van der Waals surface area contributed by atoms with E-state index in [-0.39, 0.29) is 31.6 Å². The van der Waals surface area contributed by atoms with Gasteiger partial charge in [-0.05, 0) is 49.9 Å². The van der Waals surface area contributed by atoms with Crippen LogP contribution in [0, 0.1) is 33.6 Å². The number of sulfonamides is 1. The van der Waals surface area contributed by atoms with Crippen LogP contribution in [-0.2, 0) is 19.6 Å². The van der Waals surface area contributed by atoms with Gasteiger partial charge in [0.2, 0.25) is 15.9 Å². The molecule has 0 spiro atoms. The van der Waals surface area contributed by atoms with Gasteiger partial charge in [-0.1, -0.05) is 6.07 Å². The van der Waals surface area contributed by atoms with Crippen molar-refractivity contribution in [2.75, 3.05) is 26.3 Å². The van der Waals surface area contributed by atoms with Crippen molar-refractivity contribution in [3.05, 3.63) is 28.3 Å². The summed E-state index contributed by atoms with van der Waals surface area (Å²) in [5, 5.41) is 2.88. The fourth-order valence-corrected chi connectivity index (χ4v) is 5.59. The lowest BCUT2D eigenvalue weighted by atomic mass is 10.0. The first-order valence-electron chi connectivity index (χ1n) is 8.17. The summed E-state index contributed by atoms with van der Waals surface area (Å²) in [6.45, 7) is 8.57. The minimum Gasteiger partial charge on any atom is -0.378 e. The standard InChI is InChI=1S/C17H24N2O4S/c1-10-5-11(2)13(4)16(12(10)3)24(21,22)19-6-14-8-23-9-15(7-19)18-17(14)20/h5,14-15H,6-9H2,1-4H3,(H,18,20)/t14-,15+/m1/s1. The predicted octanol–water partition coefficient (Wildman–Crippen LogP) is 1.06. The quantitative estimate of drug-likeness (QED) is 0.863. The van der Waals surface area contributed by atoms with Crippen molar-refractivity contribution in [2.45, 2.75) is 38.6 Å². The Balaban J connectivity index is 2.07. The Labute approximate surface area is 143 Å². The summed E-state index contributed by atoms with van der Waals surface area (Å²) in [6.07, 6.45) is 0. The van der Waals surface area contributed by atoms with Gasteiger partial charge in [0.15, 0.2) is 0 Å². The maximum absolute atomic E-state index is 13.4. The molecule has 2 heterocycles. The highest BCUT2D eigenvalue weighted by Crippen LogP contribution is 2.30. The molecule has 0 radical (unpaired) electrons. The van der Waals surface area contributed by atoms with E-state index in [0.29, 0.717) is 11.5 Å². The molecule has 2 atom stereocenters. The summed E-state index contributed by atoms with van der Waals surface area (Å²) in [5.41, 5.74) is 3.49. The van der Waals surface area contributed by atoms with Gasteiger partial charge in [0.05, 0.1) is 30.1 Å².